The number of likely N-dealkylation sites (N-methyl/N-ethyl adjacent to an activating group) is 1. The summed E-state index contributed by atoms with van der Waals surface area (Å²) in [6, 6.07) is 0. The number of carbonyl (C=O) groups excluding carboxylic acids is 3. The van der Waals surface area contributed by atoms with E-state index in [0.717, 1.165) is 12.8 Å². The Hall–Kier alpha value is -1.63. The number of esters is 1. The Morgan fingerprint density at radius 3 is 2.57 bits per heavy atom. The van der Waals surface area contributed by atoms with Gasteiger partial charge < -0.3 is 19.3 Å². The van der Waals surface area contributed by atoms with Gasteiger partial charge in [-0.3, -0.25) is 14.4 Å². The summed E-state index contributed by atoms with van der Waals surface area (Å²) in [4.78, 5) is 37.7. The molecule has 0 aliphatic carbocycles. The summed E-state index contributed by atoms with van der Waals surface area (Å²) in [6.45, 7) is 2.84. The van der Waals surface area contributed by atoms with Crippen LogP contribution in [0.2, 0.25) is 0 Å². The molecule has 7 nitrogen and oxygen atoms in total. The van der Waals surface area contributed by atoms with Gasteiger partial charge in [-0.1, -0.05) is 0 Å². The van der Waals surface area contributed by atoms with Gasteiger partial charge in [-0.25, -0.2) is 0 Å². The van der Waals surface area contributed by atoms with Gasteiger partial charge in [0.25, 0.3) is 0 Å². The highest BCUT2D eigenvalue weighted by Gasteiger charge is 2.24. The Morgan fingerprint density at radius 1 is 1.33 bits per heavy atom. The fourth-order valence-electron chi connectivity index (χ4n) is 2.09. The zero-order valence-corrected chi connectivity index (χ0v) is 13.0. The molecule has 0 bridgehead atoms. The largest absolute Gasteiger partial charge is 0.469 e. The molecule has 0 N–H and O–H groups in total. The highest BCUT2D eigenvalue weighted by atomic mass is 16.5. The van der Waals surface area contributed by atoms with Crippen molar-refractivity contribution in [1.29, 1.82) is 0 Å². The van der Waals surface area contributed by atoms with Gasteiger partial charge in [0.2, 0.25) is 11.8 Å². The van der Waals surface area contributed by atoms with E-state index in [1.807, 2.05) is 0 Å². The highest BCUT2D eigenvalue weighted by Crippen LogP contribution is 2.14. The lowest BCUT2D eigenvalue weighted by atomic mass is 10.2. The van der Waals surface area contributed by atoms with Crippen molar-refractivity contribution in [2.75, 3.05) is 40.4 Å². The maximum Gasteiger partial charge on any atom is 0.307 e. The second-order valence-electron chi connectivity index (χ2n) is 5.18. The predicted molar refractivity (Wildman–Crippen MR) is 75.5 cm³/mol. The molecule has 0 aromatic carbocycles. The van der Waals surface area contributed by atoms with Crippen molar-refractivity contribution >= 4 is 17.8 Å². The molecule has 7 heteroatoms. The van der Waals surface area contributed by atoms with Crippen LogP contribution in [-0.2, 0) is 23.9 Å². The highest BCUT2D eigenvalue weighted by molar-refractivity contribution is 5.84. The molecule has 120 valence electrons. The van der Waals surface area contributed by atoms with Crippen molar-refractivity contribution in [1.82, 2.24) is 9.80 Å². The normalized spacial score (nSPS) is 17.4. The van der Waals surface area contributed by atoms with Gasteiger partial charge >= 0.3 is 5.97 Å². The van der Waals surface area contributed by atoms with E-state index >= 15 is 0 Å². The van der Waals surface area contributed by atoms with Crippen LogP contribution in [0.15, 0.2) is 0 Å². The number of methoxy groups -OCH3 is 1. The van der Waals surface area contributed by atoms with Crippen LogP contribution in [0.25, 0.3) is 0 Å². The molecule has 1 rings (SSSR count). The number of hydrogen-bond donors (Lipinski definition) is 0. The van der Waals surface area contributed by atoms with E-state index in [9.17, 15) is 14.4 Å². The van der Waals surface area contributed by atoms with Crippen LogP contribution in [0.3, 0.4) is 0 Å². The molecular formula is C14H24N2O5. The summed E-state index contributed by atoms with van der Waals surface area (Å²) in [5, 5.41) is 0. The van der Waals surface area contributed by atoms with Crippen molar-refractivity contribution in [3.63, 3.8) is 0 Å². The van der Waals surface area contributed by atoms with E-state index < -0.39 is 0 Å². The molecule has 0 spiro atoms. The second kappa shape index (κ2) is 8.61. The average Bonchev–Trinajstić information content (AvgIpc) is 2.95. The second-order valence-corrected chi connectivity index (χ2v) is 5.18. The topological polar surface area (TPSA) is 76.2 Å². The fraction of sp³-hybridized carbons (Fsp3) is 0.786. The van der Waals surface area contributed by atoms with E-state index in [0.29, 0.717) is 13.2 Å². The lowest BCUT2D eigenvalue weighted by Gasteiger charge is -2.27. The van der Waals surface area contributed by atoms with Gasteiger partial charge in [-0.2, -0.15) is 0 Å². The molecule has 1 fully saturated rings. The molecule has 1 unspecified atom stereocenters. The van der Waals surface area contributed by atoms with E-state index in [2.05, 4.69) is 4.74 Å². The Labute approximate surface area is 125 Å². The Kier molecular flexibility index (Phi) is 7.14. The summed E-state index contributed by atoms with van der Waals surface area (Å²) in [5.74, 6) is -0.722. The van der Waals surface area contributed by atoms with Crippen LogP contribution < -0.4 is 0 Å². The summed E-state index contributed by atoms with van der Waals surface area (Å²) in [6.07, 6.45) is 2.04. The van der Waals surface area contributed by atoms with Crippen molar-refractivity contribution in [2.24, 2.45) is 0 Å². The average molecular weight is 300 g/mol. The van der Waals surface area contributed by atoms with Gasteiger partial charge in [-0.15, -0.1) is 0 Å². The molecule has 0 radical (unpaired) electrons. The molecule has 1 aliphatic rings. The number of ether oxygens (including phenoxy) is 2. The standard InChI is InChI=1S/C14H24N2O5/c1-11(17)15(2)10-13(18)16(7-6-14(19)20-3)9-12-5-4-8-21-12/h12H,4-10H2,1-3H3. The Morgan fingerprint density at radius 2 is 2.05 bits per heavy atom. The van der Waals surface area contributed by atoms with Crippen LogP contribution >= 0.6 is 0 Å². The van der Waals surface area contributed by atoms with Gasteiger partial charge in [0.1, 0.15) is 0 Å². The maximum atomic E-state index is 12.3. The van der Waals surface area contributed by atoms with E-state index in [1.54, 1.807) is 11.9 Å². The zero-order valence-electron chi connectivity index (χ0n) is 13.0. The van der Waals surface area contributed by atoms with Crippen LogP contribution in [-0.4, -0.2) is 74.1 Å². The molecule has 1 heterocycles. The lowest BCUT2D eigenvalue weighted by Crippen LogP contribution is -2.44. The first-order chi connectivity index (χ1) is 9.93. The lowest BCUT2D eigenvalue weighted by molar-refractivity contribution is -0.143. The number of nitrogens with zero attached hydrogens (tertiary/aromatic N) is 2. The maximum absolute atomic E-state index is 12.3. The minimum absolute atomic E-state index is 0.00320. The first-order valence-corrected chi connectivity index (χ1v) is 7.12. The van der Waals surface area contributed by atoms with Crippen LogP contribution in [0.4, 0.5) is 0 Å². The molecule has 2 amide bonds. The summed E-state index contributed by atoms with van der Waals surface area (Å²) < 4.78 is 10.1. The van der Waals surface area contributed by atoms with E-state index in [1.165, 1.54) is 18.9 Å². The molecule has 1 aliphatic heterocycles. The summed E-state index contributed by atoms with van der Waals surface area (Å²) in [5.41, 5.74) is 0. The first kappa shape index (κ1) is 17.4. The number of hydrogen-bond acceptors (Lipinski definition) is 5. The first-order valence-electron chi connectivity index (χ1n) is 7.12. The minimum Gasteiger partial charge on any atom is -0.469 e. The third-order valence-electron chi connectivity index (χ3n) is 3.52. The van der Waals surface area contributed by atoms with Gasteiger partial charge in [0.15, 0.2) is 0 Å². The minimum atomic E-state index is -0.361. The monoisotopic (exact) mass is 300 g/mol. The van der Waals surface area contributed by atoms with Gasteiger partial charge in [0.05, 0.1) is 26.2 Å². The SMILES string of the molecule is COC(=O)CCN(CC1CCCO1)C(=O)CN(C)C(C)=O. The van der Waals surface area contributed by atoms with E-state index in [-0.39, 0.29) is 43.4 Å². The molecule has 21 heavy (non-hydrogen) atoms. The van der Waals surface area contributed by atoms with Gasteiger partial charge in [0, 0.05) is 33.7 Å². The third kappa shape index (κ3) is 6.12. The third-order valence-corrected chi connectivity index (χ3v) is 3.52. The summed E-state index contributed by atoms with van der Waals surface area (Å²) in [7, 11) is 2.89. The molecule has 0 aromatic heterocycles. The number of amides is 2. The van der Waals surface area contributed by atoms with Crippen molar-refractivity contribution in [3.8, 4) is 0 Å². The fourth-order valence-corrected chi connectivity index (χ4v) is 2.09. The quantitative estimate of drug-likeness (QED) is 0.620. The van der Waals surface area contributed by atoms with Crippen molar-refractivity contribution in [3.05, 3.63) is 0 Å². The molecule has 0 aromatic rings. The molecule has 1 atom stereocenters. The Balaban J connectivity index is 2.58. The van der Waals surface area contributed by atoms with Crippen molar-refractivity contribution < 1.29 is 23.9 Å². The summed E-state index contributed by atoms with van der Waals surface area (Å²) >= 11 is 0. The predicted octanol–water partition coefficient (Wildman–Crippen LogP) is 0.0354. The van der Waals surface area contributed by atoms with Crippen LogP contribution in [0, 0.1) is 0 Å². The van der Waals surface area contributed by atoms with Crippen molar-refractivity contribution in [2.45, 2.75) is 32.3 Å². The molecule has 1 saturated heterocycles. The Bertz CT molecular complexity index is 380. The molecular weight excluding hydrogens is 276 g/mol. The smallest absolute Gasteiger partial charge is 0.307 e. The van der Waals surface area contributed by atoms with Gasteiger partial charge in [-0.05, 0) is 12.8 Å². The number of rotatable bonds is 7. The zero-order chi connectivity index (χ0) is 15.8. The number of carbonyl (C=O) groups is 3. The molecule has 0 saturated carbocycles. The van der Waals surface area contributed by atoms with Crippen LogP contribution in [0.1, 0.15) is 26.2 Å². The van der Waals surface area contributed by atoms with Crippen LogP contribution in [0.5, 0.6) is 0 Å². The van der Waals surface area contributed by atoms with E-state index in [4.69, 9.17) is 4.74 Å².